The van der Waals surface area contributed by atoms with Gasteiger partial charge in [-0.25, -0.2) is 8.42 Å². The molecule has 1 atom stereocenters. The smallest absolute Gasteiger partial charge is 0.243 e. The van der Waals surface area contributed by atoms with Gasteiger partial charge in [0.15, 0.2) is 0 Å². The second-order valence-corrected chi connectivity index (χ2v) is 7.42. The zero-order valence-corrected chi connectivity index (χ0v) is 12.2. The van der Waals surface area contributed by atoms with Crippen molar-refractivity contribution in [1.29, 1.82) is 0 Å². The number of sulfonamides is 1. The molecule has 1 aromatic rings. The summed E-state index contributed by atoms with van der Waals surface area (Å²) in [6.07, 6.45) is 3.53. The lowest BCUT2D eigenvalue weighted by molar-refractivity contribution is 0.287. The summed E-state index contributed by atoms with van der Waals surface area (Å²) in [5, 5.41) is 0. The van der Waals surface area contributed by atoms with E-state index in [4.69, 9.17) is 10.5 Å². The van der Waals surface area contributed by atoms with Gasteiger partial charge in [0, 0.05) is 19.1 Å². The van der Waals surface area contributed by atoms with E-state index in [1.807, 2.05) is 0 Å². The number of rotatable bonds is 2. The summed E-state index contributed by atoms with van der Waals surface area (Å²) in [5.41, 5.74) is 6.87. The molecule has 5 nitrogen and oxygen atoms in total. The van der Waals surface area contributed by atoms with Crippen molar-refractivity contribution in [2.24, 2.45) is 5.73 Å². The van der Waals surface area contributed by atoms with Gasteiger partial charge in [-0.2, -0.15) is 4.31 Å². The molecule has 2 aliphatic rings. The van der Waals surface area contributed by atoms with Crippen LogP contribution in [0.25, 0.3) is 0 Å². The summed E-state index contributed by atoms with van der Waals surface area (Å²) in [6, 6.07) is 5.11. The van der Waals surface area contributed by atoms with Gasteiger partial charge in [0.1, 0.15) is 5.75 Å². The Morgan fingerprint density at radius 3 is 2.95 bits per heavy atom. The van der Waals surface area contributed by atoms with E-state index in [0.29, 0.717) is 24.6 Å². The Hall–Kier alpha value is -1.11. The van der Waals surface area contributed by atoms with Crippen LogP contribution in [0.2, 0.25) is 0 Å². The maximum atomic E-state index is 12.6. The van der Waals surface area contributed by atoms with Crippen LogP contribution in [0.4, 0.5) is 0 Å². The van der Waals surface area contributed by atoms with Crippen LogP contribution in [-0.4, -0.2) is 38.5 Å². The minimum atomic E-state index is -3.43. The number of aryl methyl sites for hydroxylation is 1. The van der Waals surface area contributed by atoms with Crippen molar-refractivity contribution in [1.82, 2.24) is 4.31 Å². The van der Waals surface area contributed by atoms with Gasteiger partial charge >= 0.3 is 0 Å². The molecule has 0 bridgehead atoms. The minimum Gasteiger partial charge on any atom is -0.493 e. The molecule has 1 saturated heterocycles. The van der Waals surface area contributed by atoms with Crippen molar-refractivity contribution in [3.8, 4) is 5.75 Å². The Labute approximate surface area is 119 Å². The molecule has 20 heavy (non-hydrogen) atoms. The number of hydrogen-bond donors (Lipinski definition) is 1. The Morgan fingerprint density at radius 1 is 1.30 bits per heavy atom. The highest BCUT2D eigenvalue weighted by Crippen LogP contribution is 2.29. The molecule has 110 valence electrons. The van der Waals surface area contributed by atoms with E-state index in [1.54, 1.807) is 18.2 Å². The average molecular weight is 296 g/mol. The summed E-state index contributed by atoms with van der Waals surface area (Å²) >= 11 is 0. The molecule has 1 unspecified atom stereocenters. The third-order valence-corrected chi connectivity index (χ3v) is 5.80. The first kappa shape index (κ1) is 13.9. The van der Waals surface area contributed by atoms with Crippen molar-refractivity contribution in [2.45, 2.75) is 36.6 Å². The van der Waals surface area contributed by atoms with Gasteiger partial charge < -0.3 is 10.5 Å². The third-order valence-electron chi connectivity index (χ3n) is 3.94. The average Bonchev–Trinajstić information content (AvgIpc) is 2.46. The highest BCUT2D eigenvalue weighted by molar-refractivity contribution is 7.89. The molecule has 1 fully saturated rings. The zero-order chi connectivity index (χ0) is 14.2. The number of benzene rings is 1. The van der Waals surface area contributed by atoms with Crippen LogP contribution in [-0.2, 0) is 16.4 Å². The monoisotopic (exact) mass is 296 g/mol. The van der Waals surface area contributed by atoms with E-state index in [2.05, 4.69) is 0 Å². The summed E-state index contributed by atoms with van der Waals surface area (Å²) in [6.45, 7) is 1.68. The van der Waals surface area contributed by atoms with Crippen molar-refractivity contribution >= 4 is 10.0 Å². The highest BCUT2D eigenvalue weighted by Gasteiger charge is 2.29. The normalized spacial score (nSPS) is 23.9. The molecule has 0 aliphatic carbocycles. The molecule has 3 rings (SSSR count). The topological polar surface area (TPSA) is 72.6 Å². The molecule has 0 spiro atoms. The predicted molar refractivity (Wildman–Crippen MR) is 76.2 cm³/mol. The SMILES string of the molecule is NC1CCCN(S(=O)(=O)c2ccc3c(c2)CCCO3)C1. The van der Waals surface area contributed by atoms with Gasteiger partial charge in [0.2, 0.25) is 10.0 Å². The van der Waals surface area contributed by atoms with Crippen molar-refractivity contribution in [2.75, 3.05) is 19.7 Å². The Morgan fingerprint density at radius 2 is 2.15 bits per heavy atom. The van der Waals surface area contributed by atoms with E-state index >= 15 is 0 Å². The number of ether oxygens (including phenoxy) is 1. The van der Waals surface area contributed by atoms with E-state index in [0.717, 1.165) is 37.0 Å². The predicted octanol–water partition coefficient (Wildman–Crippen LogP) is 1.12. The lowest BCUT2D eigenvalue weighted by Crippen LogP contribution is -2.45. The standard InChI is InChI=1S/C14H20N2O3S/c15-12-4-1-7-16(10-12)20(17,18)13-5-6-14-11(9-13)3-2-8-19-14/h5-6,9,12H,1-4,7-8,10,15H2. The maximum Gasteiger partial charge on any atom is 0.243 e. The lowest BCUT2D eigenvalue weighted by Gasteiger charge is -2.30. The first-order valence-electron chi connectivity index (χ1n) is 7.09. The fourth-order valence-electron chi connectivity index (χ4n) is 2.84. The number of nitrogens with zero attached hydrogens (tertiary/aromatic N) is 1. The van der Waals surface area contributed by atoms with Crippen LogP contribution in [0.1, 0.15) is 24.8 Å². The molecule has 0 saturated carbocycles. The van der Waals surface area contributed by atoms with Crippen LogP contribution >= 0.6 is 0 Å². The zero-order valence-electron chi connectivity index (χ0n) is 11.4. The fraction of sp³-hybridized carbons (Fsp3) is 0.571. The molecule has 2 aliphatic heterocycles. The Balaban J connectivity index is 1.90. The van der Waals surface area contributed by atoms with Gasteiger partial charge in [-0.15, -0.1) is 0 Å². The summed E-state index contributed by atoms with van der Waals surface area (Å²) in [4.78, 5) is 0.357. The molecule has 0 amide bonds. The molecular formula is C14H20N2O3S. The molecule has 0 aromatic heterocycles. The molecule has 6 heteroatoms. The van der Waals surface area contributed by atoms with Crippen LogP contribution in [0.15, 0.2) is 23.1 Å². The van der Waals surface area contributed by atoms with Crippen LogP contribution in [0.3, 0.4) is 0 Å². The van der Waals surface area contributed by atoms with Gasteiger partial charge in [-0.1, -0.05) is 0 Å². The van der Waals surface area contributed by atoms with Gasteiger partial charge in [-0.05, 0) is 49.4 Å². The van der Waals surface area contributed by atoms with Crippen LogP contribution < -0.4 is 10.5 Å². The molecule has 2 heterocycles. The summed E-state index contributed by atoms with van der Waals surface area (Å²) in [5.74, 6) is 0.811. The molecule has 0 radical (unpaired) electrons. The molecule has 1 aromatic carbocycles. The van der Waals surface area contributed by atoms with Crippen molar-refractivity contribution in [3.63, 3.8) is 0 Å². The summed E-state index contributed by atoms with van der Waals surface area (Å²) < 4.78 is 32.3. The minimum absolute atomic E-state index is 0.0560. The lowest BCUT2D eigenvalue weighted by atomic mass is 10.1. The van der Waals surface area contributed by atoms with E-state index in [-0.39, 0.29) is 6.04 Å². The second kappa shape index (κ2) is 5.35. The third kappa shape index (κ3) is 2.55. The quantitative estimate of drug-likeness (QED) is 0.888. The van der Waals surface area contributed by atoms with Crippen LogP contribution in [0.5, 0.6) is 5.75 Å². The van der Waals surface area contributed by atoms with Crippen molar-refractivity contribution in [3.05, 3.63) is 23.8 Å². The van der Waals surface area contributed by atoms with Gasteiger partial charge in [-0.3, -0.25) is 0 Å². The van der Waals surface area contributed by atoms with Crippen molar-refractivity contribution < 1.29 is 13.2 Å². The fourth-order valence-corrected chi connectivity index (χ4v) is 4.43. The van der Waals surface area contributed by atoms with E-state index in [9.17, 15) is 8.42 Å². The second-order valence-electron chi connectivity index (χ2n) is 5.49. The van der Waals surface area contributed by atoms with E-state index in [1.165, 1.54) is 4.31 Å². The number of hydrogen-bond acceptors (Lipinski definition) is 4. The Kier molecular flexibility index (Phi) is 3.70. The molecule has 2 N–H and O–H groups in total. The van der Waals surface area contributed by atoms with Gasteiger partial charge in [0.25, 0.3) is 0 Å². The van der Waals surface area contributed by atoms with Gasteiger partial charge in [0.05, 0.1) is 11.5 Å². The van der Waals surface area contributed by atoms with E-state index < -0.39 is 10.0 Å². The highest BCUT2D eigenvalue weighted by atomic mass is 32.2. The molecular weight excluding hydrogens is 276 g/mol. The number of piperidine rings is 1. The van der Waals surface area contributed by atoms with Crippen LogP contribution in [0, 0.1) is 0 Å². The largest absolute Gasteiger partial charge is 0.493 e. The first-order chi connectivity index (χ1) is 9.57. The number of fused-ring (bicyclic) bond motifs is 1. The first-order valence-corrected chi connectivity index (χ1v) is 8.53. The Bertz CT molecular complexity index is 600. The number of nitrogens with two attached hydrogens (primary N) is 1. The maximum absolute atomic E-state index is 12.6. The summed E-state index contributed by atoms with van der Waals surface area (Å²) in [7, 11) is -3.43.